The molecule has 0 saturated carbocycles. The van der Waals surface area contributed by atoms with Crippen LogP contribution in [0.5, 0.6) is 0 Å². The number of nitrogens with zero attached hydrogens (tertiary/aromatic N) is 2. The van der Waals surface area contributed by atoms with E-state index in [1.165, 1.54) is 16.7 Å². The van der Waals surface area contributed by atoms with Crippen molar-refractivity contribution in [2.45, 2.75) is 52.4 Å². The molecule has 0 saturated heterocycles. The van der Waals surface area contributed by atoms with Gasteiger partial charge in [0, 0.05) is 12.1 Å². The van der Waals surface area contributed by atoms with Crippen molar-refractivity contribution < 1.29 is 0 Å². The molecule has 2 heteroatoms. The molecule has 3 rings (SSSR count). The normalized spacial score (nSPS) is 14.0. The van der Waals surface area contributed by atoms with Gasteiger partial charge in [0.15, 0.2) is 0 Å². The molecule has 0 radical (unpaired) electrons. The summed E-state index contributed by atoms with van der Waals surface area (Å²) < 4.78 is 0. The molecule has 0 amide bonds. The van der Waals surface area contributed by atoms with Crippen LogP contribution in [0.25, 0.3) is 0 Å². The van der Waals surface area contributed by atoms with Crippen LogP contribution in [-0.2, 0) is 6.42 Å². The average Bonchev–Trinajstić information content (AvgIpc) is 3.12. The average molecular weight is 345 g/mol. The number of aromatic nitrogens is 1. The molecule has 1 heterocycles. The number of pyridine rings is 1. The maximum absolute atomic E-state index is 4.88. The molecule has 2 nitrogen and oxygen atoms in total. The van der Waals surface area contributed by atoms with E-state index in [0.717, 1.165) is 29.9 Å². The fourth-order valence-corrected chi connectivity index (χ4v) is 3.32. The molecule has 1 aliphatic rings. The summed E-state index contributed by atoms with van der Waals surface area (Å²) in [5, 5.41) is 0. The molecule has 1 aromatic carbocycles. The van der Waals surface area contributed by atoms with Gasteiger partial charge in [0.1, 0.15) is 0 Å². The third-order valence-corrected chi connectivity index (χ3v) is 4.75. The summed E-state index contributed by atoms with van der Waals surface area (Å²) in [6.45, 7) is 8.89. The van der Waals surface area contributed by atoms with Crippen molar-refractivity contribution in [3.63, 3.8) is 0 Å². The molecular formula is C24H28N2. The SMILES string of the molecule is CC(C)c1cccc(C(C)C)c1N=Cc1cccc(CC2=CC=CC2)n1. The van der Waals surface area contributed by atoms with E-state index in [9.17, 15) is 0 Å². The predicted octanol–water partition coefficient (Wildman–Crippen LogP) is 6.51. The second-order valence-electron chi connectivity index (χ2n) is 7.54. The summed E-state index contributed by atoms with van der Waals surface area (Å²) in [6.07, 6.45) is 10.4. The molecule has 0 unspecified atom stereocenters. The Labute approximate surface area is 157 Å². The van der Waals surface area contributed by atoms with Crippen molar-refractivity contribution in [3.05, 3.63) is 82.7 Å². The number of hydrogen-bond donors (Lipinski definition) is 0. The van der Waals surface area contributed by atoms with Crippen LogP contribution in [-0.4, -0.2) is 11.2 Å². The largest absolute Gasteiger partial charge is 0.254 e. The van der Waals surface area contributed by atoms with E-state index in [2.05, 4.69) is 76.3 Å². The number of hydrogen-bond acceptors (Lipinski definition) is 2. The summed E-state index contributed by atoms with van der Waals surface area (Å²) in [7, 11) is 0. The minimum absolute atomic E-state index is 0.446. The van der Waals surface area contributed by atoms with Gasteiger partial charge in [-0.2, -0.15) is 0 Å². The second-order valence-corrected chi connectivity index (χ2v) is 7.54. The molecule has 0 spiro atoms. The highest BCUT2D eigenvalue weighted by Gasteiger charge is 2.12. The van der Waals surface area contributed by atoms with E-state index >= 15 is 0 Å². The van der Waals surface area contributed by atoms with Crippen LogP contribution in [0.1, 0.15) is 68.5 Å². The van der Waals surface area contributed by atoms with E-state index in [4.69, 9.17) is 9.98 Å². The Balaban J connectivity index is 1.88. The van der Waals surface area contributed by atoms with E-state index < -0.39 is 0 Å². The van der Waals surface area contributed by atoms with Gasteiger partial charge in [-0.15, -0.1) is 0 Å². The molecule has 0 bridgehead atoms. The Bertz CT molecular complexity index is 828. The van der Waals surface area contributed by atoms with Crippen LogP contribution in [0.4, 0.5) is 5.69 Å². The fraction of sp³-hybridized carbons (Fsp3) is 0.333. The molecule has 0 aliphatic heterocycles. The molecule has 0 fully saturated rings. The van der Waals surface area contributed by atoms with Crippen LogP contribution < -0.4 is 0 Å². The lowest BCUT2D eigenvalue weighted by atomic mass is 9.93. The van der Waals surface area contributed by atoms with Gasteiger partial charge in [-0.1, -0.05) is 75.8 Å². The number of rotatable bonds is 6. The molecule has 0 N–H and O–H groups in total. The molecule has 1 aromatic heterocycles. The lowest BCUT2D eigenvalue weighted by molar-refractivity contribution is 0.835. The summed E-state index contributed by atoms with van der Waals surface area (Å²) >= 11 is 0. The first-order valence-corrected chi connectivity index (χ1v) is 9.52. The van der Waals surface area contributed by atoms with Gasteiger partial charge < -0.3 is 0 Å². The molecule has 0 atom stereocenters. The highest BCUT2D eigenvalue weighted by atomic mass is 14.8. The zero-order chi connectivity index (χ0) is 18.5. The van der Waals surface area contributed by atoms with Gasteiger partial charge in [0.25, 0.3) is 0 Å². The van der Waals surface area contributed by atoms with E-state index in [-0.39, 0.29) is 0 Å². The smallest absolute Gasteiger partial charge is 0.0815 e. The highest BCUT2D eigenvalue weighted by molar-refractivity contribution is 5.81. The second kappa shape index (κ2) is 8.27. The van der Waals surface area contributed by atoms with Crippen molar-refractivity contribution in [2.75, 3.05) is 0 Å². The van der Waals surface area contributed by atoms with Gasteiger partial charge in [0.05, 0.1) is 17.6 Å². The monoisotopic (exact) mass is 344 g/mol. The van der Waals surface area contributed by atoms with Gasteiger partial charge in [0.2, 0.25) is 0 Å². The Morgan fingerprint density at radius 1 is 1.00 bits per heavy atom. The lowest BCUT2D eigenvalue weighted by Gasteiger charge is -2.16. The predicted molar refractivity (Wildman–Crippen MR) is 112 cm³/mol. The zero-order valence-electron chi connectivity index (χ0n) is 16.2. The van der Waals surface area contributed by atoms with Crippen LogP contribution in [0.2, 0.25) is 0 Å². The topological polar surface area (TPSA) is 25.2 Å². The quantitative estimate of drug-likeness (QED) is 0.548. The van der Waals surface area contributed by atoms with Crippen LogP contribution in [0, 0.1) is 0 Å². The van der Waals surface area contributed by atoms with Crippen LogP contribution in [0.3, 0.4) is 0 Å². The van der Waals surface area contributed by atoms with E-state index in [0.29, 0.717) is 11.8 Å². The molecular weight excluding hydrogens is 316 g/mol. The van der Waals surface area contributed by atoms with E-state index in [1.807, 2.05) is 12.3 Å². The summed E-state index contributed by atoms with van der Waals surface area (Å²) in [6, 6.07) is 12.7. The fourth-order valence-electron chi connectivity index (χ4n) is 3.32. The Kier molecular flexibility index (Phi) is 5.82. The maximum atomic E-state index is 4.88. The maximum Gasteiger partial charge on any atom is 0.0815 e. The van der Waals surface area contributed by atoms with Gasteiger partial charge in [-0.05, 0) is 41.5 Å². The third-order valence-electron chi connectivity index (χ3n) is 4.75. The summed E-state index contributed by atoms with van der Waals surface area (Å²) in [4.78, 5) is 9.66. The molecule has 134 valence electrons. The Hall–Kier alpha value is -2.48. The first-order valence-electron chi connectivity index (χ1n) is 9.52. The summed E-state index contributed by atoms with van der Waals surface area (Å²) in [5.41, 5.74) is 7.13. The minimum atomic E-state index is 0.446. The number of allylic oxidation sites excluding steroid dienone is 4. The van der Waals surface area contributed by atoms with Crippen LogP contribution >= 0.6 is 0 Å². The first kappa shape index (κ1) is 18.3. The van der Waals surface area contributed by atoms with Crippen molar-refractivity contribution in [1.82, 2.24) is 4.98 Å². The van der Waals surface area contributed by atoms with Gasteiger partial charge >= 0.3 is 0 Å². The third kappa shape index (κ3) is 4.37. The van der Waals surface area contributed by atoms with Crippen molar-refractivity contribution in [1.29, 1.82) is 0 Å². The van der Waals surface area contributed by atoms with Gasteiger partial charge in [-0.3, -0.25) is 9.98 Å². The molecule has 26 heavy (non-hydrogen) atoms. The van der Waals surface area contributed by atoms with Crippen molar-refractivity contribution in [2.24, 2.45) is 4.99 Å². The van der Waals surface area contributed by atoms with Crippen molar-refractivity contribution in [3.8, 4) is 0 Å². The number of benzene rings is 1. The van der Waals surface area contributed by atoms with Gasteiger partial charge in [-0.25, -0.2) is 0 Å². The first-order chi connectivity index (χ1) is 12.5. The lowest BCUT2D eigenvalue weighted by Crippen LogP contribution is -1.98. The minimum Gasteiger partial charge on any atom is -0.254 e. The van der Waals surface area contributed by atoms with E-state index in [1.54, 1.807) is 0 Å². The molecule has 1 aliphatic carbocycles. The molecule has 2 aromatic rings. The summed E-state index contributed by atoms with van der Waals surface area (Å²) in [5.74, 6) is 0.892. The Morgan fingerprint density at radius 3 is 2.31 bits per heavy atom. The Morgan fingerprint density at radius 2 is 1.69 bits per heavy atom. The highest BCUT2D eigenvalue weighted by Crippen LogP contribution is 2.34. The standard InChI is InChI=1S/C24H28N2/c1-17(2)22-13-8-14-23(18(3)4)24(22)25-16-21-12-7-11-20(26-21)15-19-9-5-6-10-19/h5-9,11-14,16-18H,10,15H2,1-4H3. The van der Waals surface area contributed by atoms with Crippen molar-refractivity contribution >= 4 is 11.9 Å². The zero-order valence-corrected chi connectivity index (χ0v) is 16.2. The number of aliphatic imine (C=N–C) groups is 1. The number of para-hydroxylation sites is 1. The van der Waals surface area contributed by atoms with Crippen LogP contribution in [0.15, 0.2) is 65.2 Å².